The van der Waals surface area contributed by atoms with Crippen LogP contribution in [0.5, 0.6) is 11.5 Å². The number of carbonyl (C=O) groups is 2. The van der Waals surface area contributed by atoms with Crippen molar-refractivity contribution in [3.05, 3.63) is 64.2 Å². The molecule has 0 aromatic heterocycles. The number of halogens is 1. The van der Waals surface area contributed by atoms with Crippen molar-refractivity contribution in [1.82, 2.24) is 9.80 Å². The Hall–Kier alpha value is -3.03. The van der Waals surface area contributed by atoms with E-state index in [2.05, 4.69) is 0 Å². The Morgan fingerprint density at radius 3 is 2.61 bits per heavy atom. The van der Waals surface area contributed by atoms with Gasteiger partial charge in [-0.3, -0.25) is 9.59 Å². The number of rotatable bonds is 7. The highest BCUT2D eigenvalue weighted by Crippen LogP contribution is 2.41. The first-order chi connectivity index (χ1) is 14.7. The topological polar surface area (TPSA) is 90.3 Å². The molecule has 1 aliphatic heterocycles. The van der Waals surface area contributed by atoms with Crippen LogP contribution in [0.15, 0.2) is 48.0 Å². The number of likely N-dealkylation sites (tertiary alicyclic amines) is 1. The van der Waals surface area contributed by atoms with E-state index in [4.69, 9.17) is 16.3 Å². The Balaban J connectivity index is 2.15. The fourth-order valence-electron chi connectivity index (χ4n) is 3.67. The first kappa shape index (κ1) is 22.7. The summed E-state index contributed by atoms with van der Waals surface area (Å²) in [5.41, 5.74) is 0.513. The summed E-state index contributed by atoms with van der Waals surface area (Å²) in [5, 5.41) is 21.5. The zero-order valence-corrected chi connectivity index (χ0v) is 18.4. The lowest BCUT2D eigenvalue weighted by Gasteiger charge is -2.26. The van der Waals surface area contributed by atoms with Gasteiger partial charge in [0.25, 0.3) is 11.7 Å². The number of aliphatic hydroxyl groups excluding tert-OH is 1. The lowest BCUT2D eigenvalue weighted by atomic mass is 9.95. The van der Waals surface area contributed by atoms with E-state index in [1.165, 1.54) is 30.2 Å². The molecule has 1 fully saturated rings. The molecule has 1 atom stereocenters. The van der Waals surface area contributed by atoms with Crippen molar-refractivity contribution in [2.45, 2.75) is 12.5 Å². The molecule has 0 unspecified atom stereocenters. The zero-order chi connectivity index (χ0) is 22.7. The summed E-state index contributed by atoms with van der Waals surface area (Å²) in [7, 11) is 5.38. The number of nitrogens with zero attached hydrogens (tertiary/aromatic N) is 2. The minimum absolute atomic E-state index is 0.00770. The second kappa shape index (κ2) is 9.41. The highest BCUT2D eigenvalue weighted by Gasteiger charge is 2.46. The number of hydrogen-bond acceptors (Lipinski definition) is 6. The number of benzene rings is 2. The van der Waals surface area contributed by atoms with Gasteiger partial charge in [0.05, 0.1) is 24.3 Å². The smallest absolute Gasteiger partial charge is 0.295 e. The number of phenols is 1. The van der Waals surface area contributed by atoms with Crippen molar-refractivity contribution < 1.29 is 24.5 Å². The summed E-state index contributed by atoms with van der Waals surface area (Å²) in [6.45, 7) is 1.05. The summed E-state index contributed by atoms with van der Waals surface area (Å²) in [5.74, 6) is -1.67. The molecule has 3 rings (SSSR count). The van der Waals surface area contributed by atoms with Crippen molar-refractivity contribution in [2.24, 2.45) is 0 Å². The third-order valence-electron chi connectivity index (χ3n) is 5.17. The monoisotopic (exact) mass is 444 g/mol. The first-order valence-electron chi connectivity index (χ1n) is 9.80. The summed E-state index contributed by atoms with van der Waals surface area (Å²) >= 11 is 6.02. The lowest BCUT2D eigenvalue weighted by molar-refractivity contribution is -0.139. The van der Waals surface area contributed by atoms with Crippen LogP contribution in [0.4, 0.5) is 0 Å². The zero-order valence-electron chi connectivity index (χ0n) is 17.6. The first-order valence-corrected chi connectivity index (χ1v) is 10.2. The quantitative estimate of drug-likeness (QED) is 0.386. The Bertz CT molecular complexity index is 1030. The highest BCUT2D eigenvalue weighted by molar-refractivity contribution is 6.46. The van der Waals surface area contributed by atoms with Crippen molar-refractivity contribution in [3.63, 3.8) is 0 Å². The van der Waals surface area contributed by atoms with Gasteiger partial charge in [-0.25, -0.2) is 0 Å². The number of hydrogen-bond donors (Lipinski definition) is 2. The maximum Gasteiger partial charge on any atom is 0.295 e. The number of ketones is 1. The predicted octanol–water partition coefficient (Wildman–Crippen LogP) is 3.43. The van der Waals surface area contributed by atoms with Crippen LogP contribution in [0.2, 0.25) is 5.02 Å². The molecule has 8 heteroatoms. The Morgan fingerprint density at radius 1 is 1.19 bits per heavy atom. The molecule has 2 aromatic rings. The molecule has 0 aliphatic carbocycles. The molecule has 2 aromatic carbocycles. The molecular weight excluding hydrogens is 420 g/mol. The fourth-order valence-corrected chi connectivity index (χ4v) is 3.84. The lowest BCUT2D eigenvalue weighted by Crippen LogP contribution is -2.32. The standard InChI is InChI=1S/C23H25ClN2O5/c1-25(2)10-5-11-26-20(14-6-4-7-16(12-14)31-3)19(22(29)23(26)30)21(28)17-13-15(24)8-9-18(17)27/h4,6-9,12-13,20,27-28H,5,10-11H2,1-3H3/t20-/m1/s1. The molecule has 1 heterocycles. The van der Waals surface area contributed by atoms with E-state index < -0.39 is 23.5 Å². The van der Waals surface area contributed by atoms with Gasteiger partial charge in [0.2, 0.25) is 0 Å². The number of aliphatic hydroxyl groups is 1. The molecule has 1 amide bonds. The Kier molecular flexibility index (Phi) is 6.87. The van der Waals surface area contributed by atoms with Gasteiger partial charge in [-0.2, -0.15) is 0 Å². The van der Waals surface area contributed by atoms with Crippen molar-refractivity contribution in [2.75, 3.05) is 34.3 Å². The van der Waals surface area contributed by atoms with Crippen LogP contribution in [0.25, 0.3) is 5.76 Å². The summed E-state index contributed by atoms with van der Waals surface area (Å²) in [6.07, 6.45) is 0.642. The normalized spacial score (nSPS) is 18.1. The number of aromatic hydroxyl groups is 1. The number of ether oxygens (including phenoxy) is 1. The molecule has 0 bridgehead atoms. The summed E-state index contributed by atoms with van der Waals surface area (Å²) < 4.78 is 5.30. The van der Waals surface area contributed by atoms with E-state index in [0.717, 1.165) is 6.54 Å². The van der Waals surface area contributed by atoms with E-state index in [1.54, 1.807) is 24.3 Å². The number of carbonyl (C=O) groups excluding carboxylic acids is 2. The molecule has 2 N–H and O–H groups in total. The van der Waals surface area contributed by atoms with Crippen LogP contribution < -0.4 is 4.74 Å². The largest absolute Gasteiger partial charge is 0.507 e. The molecule has 0 saturated carbocycles. The molecule has 1 aliphatic rings. The van der Waals surface area contributed by atoms with E-state index in [1.807, 2.05) is 19.0 Å². The Labute approximate surface area is 186 Å². The van der Waals surface area contributed by atoms with Crippen molar-refractivity contribution >= 4 is 29.1 Å². The van der Waals surface area contributed by atoms with Crippen molar-refractivity contribution in [1.29, 1.82) is 0 Å². The van der Waals surface area contributed by atoms with Gasteiger partial charge in [-0.15, -0.1) is 0 Å². The van der Waals surface area contributed by atoms with Gasteiger partial charge in [-0.1, -0.05) is 23.7 Å². The minimum Gasteiger partial charge on any atom is -0.507 e. The van der Waals surface area contributed by atoms with Gasteiger partial charge in [0, 0.05) is 11.6 Å². The Morgan fingerprint density at radius 2 is 1.94 bits per heavy atom. The number of amides is 1. The van der Waals surface area contributed by atoms with Gasteiger partial charge in [-0.05, 0) is 63.0 Å². The predicted molar refractivity (Wildman–Crippen MR) is 118 cm³/mol. The molecule has 0 radical (unpaired) electrons. The average molecular weight is 445 g/mol. The van der Waals surface area contributed by atoms with E-state index in [0.29, 0.717) is 24.3 Å². The molecule has 0 spiro atoms. The van der Waals surface area contributed by atoms with Crippen LogP contribution in [-0.2, 0) is 9.59 Å². The van der Waals surface area contributed by atoms with Crippen LogP contribution in [0.3, 0.4) is 0 Å². The van der Waals surface area contributed by atoms with Crippen LogP contribution in [-0.4, -0.2) is 66.0 Å². The maximum atomic E-state index is 13.0. The molecular formula is C23H25ClN2O5. The third-order valence-corrected chi connectivity index (χ3v) is 5.40. The maximum absolute atomic E-state index is 13.0. The number of phenolic OH excluding ortho intramolecular Hbond substituents is 1. The van der Waals surface area contributed by atoms with Crippen LogP contribution in [0, 0.1) is 0 Å². The van der Waals surface area contributed by atoms with E-state index in [9.17, 15) is 19.8 Å². The highest BCUT2D eigenvalue weighted by atomic mass is 35.5. The number of methoxy groups -OCH3 is 1. The number of Topliss-reactive ketones (excluding diaryl/α,β-unsaturated/α-hetero) is 1. The molecule has 7 nitrogen and oxygen atoms in total. The van der Waals surface area contributed by atoms with Crippen LogP contribution >= 0.6 is 11.6 Å². The second-order valence-corrected chi connectivity index (χ2v) is 8.02. The molecule has 31 heavy (non-hydrogen) atoms. The minimum atomic E-state index is -0.823. The summed E-state index contributed by atoms with van der Waals surface area (Å²) in [4.78, 5) is 29.4. The third kappa shape index (κ3) is 4.68. The van der Waals surface area contributed by atoms with E-state index in [-0.39, 0.29) is 21.9 Å². The molecule has 164 valence electrons. The van der Waals surface area contributed by atoms with Gasteiger partial charge in [0.15, 0.2) is 0 Å². The molecule has 1 saturated heterocycles. The second-order valence-electron chi connectivity index (χ2n) is 7.59. The van der Waals surface area contributed by atoms with Gasteiger partial charge >= 0.3 is 0 Å². The van der Waals surface area contributed by atoms with Gasteiger partial charge in [0.1, 0.15) is 17.3 Å². The summed E-state index contributed by atoms with van der Waals surface area (Å²) in [6, 6.07) is 10.3. The average Bonchev–Trinajstić information content (AvgIpc) is 2.99. The fraction of sp³-hybridized carbons (Fsp3) is 0.304. The van der Waals surface area contributed by atoms with Gasteiger partial charge < -0.3 is 24.7 Å². The van der Waals surface area contributed by atoms with E-state index >= 15 is 0 Å². The van der Waals surface area contributed by atoms with Crippen LogP contribution in [0.1, 0.15) is 23.6 Å². The SMILES string of the molecule is COc1cccc([C@@H]2C(=C(O)c3cc(Cl)ccc3O)C(=O)C(=O)N2CCCN(C)C)c1. The van der Waals surface area contributed by atoms with Crippen molar-refractivity contribution in [3.8, 4) is 11.5 Å².